The van der Waals surface area contributed by atoms with E-state index in [0.717, 1.165) is 30.2 Å². The fourth-order valence-electron chi connectivity index (χ4n) is 2.54. The largest absolute Gasteiger partial charge is 0.342 e. The van der Waals surface area contributed by atoms with E-state index in [9.17, 15) is 0 Å². The van der Waals surface area contributed by atoms with Gasteiger partial charge in [0.2, 0.25) is 5.95 Å². The Kier molecular flexibility index (Phi) is 3.87. The lowest BCUT2D eigenvalue weighted by atomic mass is 10.1. The van der Waals surface area contributed by atoms with Gasteiger partial charge in [-0.25, -0.2) is 9.97 Å². The van der Waals surface area contributed by atoms with E-state index in [0.29, 0.717) is 6.04 Å². The Labute approximate surface area is 119 Å². The van der Waals surface area contributed by atoms with Gasteiger partial charge in [0.25, 0.3) is 0 Å². The normalized spacial score (nSPS) is 18.1. The highest BCUT2D eigenvalue weighted by Crippen LogP contribution is 2.18. The van der Waals surface area contributed by atoms with Crippen LogP contribution < -0.4 is 10.2 Å². The smallest absolute Gasteiger partial charge is 0.225 e. The van der Waals surface area contributed by atoms with Crippen LogP contribution in [-0.4, -0.2) is 41.1 Å². The molecule has 1 saturated heterocycles. The van der Waals surface area contributed by atoms with Gasteiger partial charge in [0.15, 0.2) is 0 Å². The molecule has 104 valence electrons. The van der Waals surface area contributed by atoms with Crippen LogP contribution >= 0.6 is 0 Å². The zero-order valence-corrected chi connectivity index (χ0v) is 11.7. The summed E-state index contributed by atoms with van der Waals surface area (Å²) < 4.78 is 0. The van der Waals surface area contributed by atoms with Crippen molar-refractivity contribution in [1.29, 1.82) is 0 Å². The van der Waals surface area contributed by atoms with Gasteiger partial charge in [-0.05, 0) is 37.1 Å². The zero-order valence-electron chi connectivity index (χ0n) is 11.7. The van der Waals surface area contributed by atoms with Crippen molar-refractivity contribution in [2.45, 2.75) is 18.9 Å². The first kappa shape index (κ1) is 13.0. The van der Waals surface area contributed by atoms with E-state index < -0.39 is 0 Å². The molecule has 1 unspecified atom stereocenters. The molecular formula is C15H19N5. The summed E-state index contributed by atoms with van der Waals surface area (Å²) in [6.45, 7) is 2.08. The molecule has 0 saturated carbocycles. The predicted molar refractivity (Wildman–Crippen MR) is 79.6 cm³/mol. The number of anilines is 1. The third kappa shape index (κ3) is 2.93. The molecule has 0 bridgehead atoms. The highest BCUT2D eigenvalue weighted by atomic mass is 15.2. The lowest BCUT2D eigenvalue weighted by Gasteiger charge is -2.21. The first-order valence-electron chi connectivity index (χ1n) is 7.00. The summed E-state index contributed by atoms with van der Waals surface area (Å²) >= 11 is 0. The molecule has 1 fully saturated rings. The lowest BCUT2D eigenvalue weighted by Crippen LogP contribution is -2.36. The fraction of sp³-hybridized carbons (Fsp3) is 0.400. The molecule has 0 aliphatic carbocycles. The maximum atomic E-state index is 4.46. The van der Waals surface area contributed by atoms with Crippen LogP contribution in [0.5, 0.6) is 0 Å². The monoisotopic (exact) mass is 269 g/mol. The van der Waals surface area contributed by atoms with Crippen molar-refractivity contribution in [3.8, 4) is 11.1 Å². The van der Waals surface area contributed by atoms with Gasteiger partial charge in [0.05, 0.1) is 0 Å². The van der Waals surface area contributed by atoms with E-state index >= 15 is 0 Å². The SMILES string of the molecule is CN(CC1CCCN1)c1ncc(-c2ccncc2)cn1. The number of hydrogen-bond donors (Lipinski definition) is 1. The number of rotatable bonds is 4. The number of aromatic nitrogens is 3. The second-order valence-electron chi connectivity index (χ2n) is 5.18. The molecule has 5 heteroatoms. The van der Waals surface area contributed by atoms with Crippen molar-refractivity contribution in [3.05, 3.63) is 36.9 Å². The van der Waals surface area contributed by atoms with Gasteiger partial charge in [-0.15, -0.1) is 0 Å². The average molecular weight is 269 g/mol. The molecule has 3 rings (SSSR count). The molecule has 20 heavy (non-hydrogen) atoms. The predicted octanol–water partition coefficient (Wildman–Crippen LogP) is 1.73. The van der Waals surface area contributed by atoms with Gasteiger partial charge in [-0.2, -0.15) is 0 Å². The van der Waals surface area contributed by atoms with Crippen molar-refractivity contribution in [3.63, 3.8) is 0 Å². The maximum Gasteiger partial charge on any atom is 0.225 e. The number of likely N-dealkylation sites (N-methyl/N-ethyl adjacent to an activating group) is 1. The summed E-state index contributed by atoms with van der Waals surface area (Å²) in [5, 5.41) is 3.49. The Morgan fingerprint density at radius 2 is 1.95 bits per heavy atom. The molecule has 1 N–H and O–H groups in total. The summed E-state index contributed by atoms with van der Waals surface area (Å²) in [6.07, 6.45) is 9.80. The van der Waals surface area contributed by atoms with Crippen molar-refractivity contribution in [2.24, 2.45) is 0 Å². The first-order valence-corrected chi connectivity index (χ1v) is 7.00. The van der Waals surface area contributed by atoms with Gasteiger partial charge >= 0.3 is 0 Å². The number of hydrogen-bond acceptors (Lipinski definition) is 5. The minimum Gasteiger partial charge on any atom is -0.342 e. The van der Waals surface area contributed by atoms with Crippen LogP contribution in [0.4, 0.5) is 5.95 Å². The van der Waals surface area contributed by atoms with E-state index in [1.807, 2.05) is 31.6 Å². The van der Waals surface area contributed by atoms with Crippen LogP contribution in [0.25, 0.3) is 11.1 Å². The van der Waals surface area contributed by atoms with Crippen LogP contribution in [0.15, 0.2) is 36.9 Å². The molecular weight excluding hydrogens is 250 g/mol. The first-order chi connectivity index (χ1) is 9.83. The van der Waals surface area contributed by atoms with Crippen molar-refractivity contribution in [1.82, 2.24) is 20.3 Å². The Morgan fingerprint density at radius 1 is 1.20 bits per heavy atom. The molecule has 1 aliphatic heterocycles. The van der Waals surface area contributed by atoms with Crippen LogP contribution in [0.3, 0.4) is 0 Å². The topological polar surface area (TPSA) is 53.9 Å². The molecule has 0 radical (unpaired) electrons. The summed E-state index contributed by atoms with van der Waals surface area (Å²) in [5.41, 5.74) is 2.11. The Morgan fingerprint density at radius 3 is 2.60 bits per heavy atom. The van der Waals surface area contributed by atoms with Crippen LogP contribution in [0, 0.1) is 0 Å². The van der Waals surface area contributed by atoms with Gasteiger partial charge < -0.3 is 10.2 Å². The number of nitrogens with zero attached hydrogens (tertiary/aromatic N) is 4. The minimum absolute atomic E-state index is 0.559. The molecule has 1 atom stereocenters. The number of pyridine rings is 1. The minimum atomic E-state index is 0.559. The average Bonchev–Trinajstić information content (AvgIpc) is 3.01. The third-order valence-electron chi connectivity index (χ3n) is 3.65. The third-order valence-corrected chi connectivity index (χ3v) is 3.65. The van der Waals surface area contributed by atoms with Crippen LogP contribution in [0.2, 0.25) is 0 Å². The highest BCUT2D eigenvalue weighted by molar-refractivity contribution is 5.61. The quantitative estimate of drug-likeness (QED) is 0.916. The van der Waals surface area contributed by atoms with E-state index in [1.165, 1.54) is 12.8 Å². The summed E-state index contributed by atoms with van der Waals surface area (Å²) in [6, 6.07) is 4.48. The summed E-state index contributed by atoms with van der Waals surface area (Å²) in [5.74, 6) is 0.775. The van der Waals surface area contributed by atoms with Crippen LogP contribution in [-0.2, 0) is 0 Å². The Bertz CT molecular complexity index is 534. The Hall–Kier alpha value is -2.01. The second kappa shape index (κ2) is 5.96. The summed E-state index contributed by atoms with van der Waals surface area (Å²) in [7, 11) is 2.04. The number of nitrogens with one attached hydrogen (secondary N) is 1. The molecule has 2 aromatic heterocycles. The molecule has 0 aromatic carbocycles. The van der Waals surface area contributed by atoms with Crippen molar-refractivity contribution >= 4 is 5.95 Å². The lowest BCUT2D eigenvalue weighted by molar-refractivity contribution is 0.594. The summed E-state index contributed by atoms with van der Waals surface area (Å²) in [4.78, 5) is 15.1. The standard InChI is InChI=1S/C15H19N5/c1-20(11-14-3-2-6-17-14)15-18-9-13(10-19-15)12-4-7-16-8-5-12/h4-5,7-10,14,17H,2-3,6,11H2,1H3. The van der Waals surface area contributed by atoms with E-state index in [1.54, 1.807) is 12.4 Å². The van der Waals surface area contributed by atoms with Crippen molar-refractivity contribution < 1.29 is 0 Å². The van der Waals surface area contributed by atoms with Gasteiger partial charge in [-0.1, -0.05) is 0 Å². The second-order valence-corrected chi connectivity index (χ2v) is 5.18. The van der Waals surface area contributed by atoms with E-state index in [2.05, 4.69) is 25.2 Å². The maximum absolute atomic E-state index is 4.46. The molecule has 1 aliphatic rings. The molecule has 0 spiro atoms. The molecule has 3 heterocycles. The van der Waals surface area contributed by atoms with Crippen molar-refractivity contribution in [2.75, 3.05) is 25.0 Å². The van der Waals surface area contributed by atoms with Crippen LogP contribution in [0.1, 0.15) is 12.8 Å². The Balaban J connectivity index is 1.69. The van der Waals surface area contributed by atoms with Gasteiger partial charge in [0.1, 0.15) is 0 Å². The van der Waals surface area contributed by atoms with E-state index in [4.69, 9.17) is 0 Å². The highest BCUT2D eigenvalue weighted by Gasteiger charge is 2.17. The molecule has 0 amide bonds. The molecule has 2 aromatic rings. The van der Waals surface area contributed by atoms with E-state index in [-0.39, 0.29) is 0 Å². The van der Waals surface area contributed by atoms with Gasteiger partial charge in [-0.3, -0.25) is 4.98 Å². The van der Waals surface area contributed by atoms with Gasteiger partial charge in [0, 0.05) is 50.0 Å². The zero-order chi connectivity index (χ0) is 13.8. The molecule has 5 nitrogen and oxygen atoms in total. The fourth-order valence-corrected chi connectivity index (χ4v) is 2.54.